The summed E-state index contributed by atoms with van der Waals surface area (Å²) in [7, 11) is 0. The molecule has 0 spiro atoms. The van der Waals surface area contributed by atoms with E-state index in [1.165, 1.54) is 32.7 Å². The predicted octanol–water partition coefficient (Wildman–Crippen LogP) is 6.86. The van der Waals surface area contributed by atoms with E-state index in [-0.39, 0.29) is 13.5 Å². The monoisotopic (exact) mass is 346 g/mol. The van der Waals surface area contributed by atoms with Crippen molar-refractivity contribution in [3.8, 4) is 32.7 Å². The normalized spacial score (nSPS) is 10.2. The van der Waals surface area contributed by atoms with E-state index in [1.807, 2.05) is 0 Å². The molecule has 1 heterocycles. The Hall–Kier alpha value is -2.29. The lowest BCUT2D eigenvalue weighted by Crippen LogP contribution is -1.87. The van der Waals surface area contributed by atoms with Crippen LogP contribution in [0.15, 0.2) is 96.4 Å². The molecule has 3 aromatic carbocycles. The highest BCUT2D eigenvalue weighted by Crippen LogP contribution is 2.39. The van der Waals surface area contributed by atoms with Crippen molar-refractivity contribution in [1.82, 2.24) is 0 Å². The minimum atomic E-state index is 0. The Morgan fingerprint density at radius 1 is 0.458 bits per heavy atom. The molecule has 0 saturated carbocycles. The van der Waals surface area contributed by atoms with Gasteiger partial charge >= 0.3 is 0 Å². The van der Waals surface area contributed by atoms with E-state index in [0.29, 0.717) is 0 Å². The zero-order valence-electron chi connectivity index (χ0n) is 13.1. The van der Waals surface area contributed by atoms with Crippen LogP contribution >= 0.6 is 24.8 Å². The summed E-state index contributed by atoms with van der Waals surface area (Å²) in [6.45, 7) is 0. The second kappa shape index (κ2) is 7.52. The first kappa shape index (κ1) is 16.6. The maximum atomic E-state index is 2.22. The van der Waals surface area contributed by atoms with E-state index in [1.54, 1.807) is 11.3 Å². The molecule has 0 N–H and O–H groups in total. The first-order valence-electron chi connectivity index (χ1n) is 7.71. The molecule has 0 unspecified atom stereocenters. The Bertz CT molecular complexity index is 910. The molecule has 0 aliphatic rings. The highest BCUT2D eigenvalue weighted by molar-refractivity contribution is 7.59. The van der Waals surface area contributed by atoms with Gasteiger partial charge in [0.25, 0.3) is 0 Å². The van der Waals surface area contributed by atoms with Gasteiger partial charge < -0.3 is 0 Å². The summed E-state index contributed by atoms with van der Waals surface area (Å²) in [6, 6.07) is 32.2. The Morgan fingerprint density at radius 2 is 1.00 bits per heavy atom. The highest BCUT2D eigenvalue weighted by Gasteiger charge is 2.11. The smallest absolute Gasteiger partial charge is 0.0348 e. The van der Waals surface area contributed by atoms with Crippen molar-refractivity contribution >= 4 is 24.8 Å². The van der Waals surface area contributed by atoms with Crippen LogP contribution in [-0.2, 0) is 0 Å². The summed E-state index contributed by atoms with van der Waals surface area (Å²) < 4.78 is 0. The Labute approximate surface area is 153 Å². The number of benzene rings is 3. The number of rotatable bonds is 3. The van der Waals surface area contributed by atoms with Crippen molar-refractivity contribution in [3.05, 3.63) is 96.4 Å². The quantitative estimate of drug-likeness (QED) is 0.380. The summed E-state index contributed by atoms with van der Waals surface area (Å²) >= 11 is 1.79. The van der Waals surface area contributed by atoms with Crippen LogP contribution in [0.4, 0.5) is 0 Å². The van der Waals surface area contributed by atoms with Crippen molar-refractivity contribution in [2.45, 2.75) is 0 Å². The maximum absolute atomic E-state index is 2.22. The second-order valence-electron chi connectivity index (χ2n) is 5.43. The molecule has 24 heavy (non-hydrogen) atoms. The minimum absolute atomic E-state index is 0. The van der Waals surface area contributed by atoms with Gasteiger partial charge in [-0.25, -0.2) is 0 Å². The molecule has 0 saturated heterocycles. The van der Waals surface area contributed by atoms with E-state index >= 15 is 0 Å². The molecule has 0 radical (unpaired) electrons. The Balaban J connectivity index is 0.00000169. The van der Waals surface area contributed by atoms with Gasteiger partial charge in [-0.3, -0.25) is 0 Å². The van der Waals surface area contributed by atoms with Crippen LogP contribution in [0.25, 0.3) is 32.7 Å². The average Bonchev–Trinajstić information content (AvgIpc) is 3.17. The highest BCUT2D eigenvalue weighted by atomic mass is 32.1. The van der Waals surface area contributed by atoms with Crippen LogP contribution in [0.2, 0.25) is 0 Å². The predicted molar refractivity (Wildman–Crippen MR) is 111 cm³/mol. The van der Waals surface area contributed by atoms with Gasteiger partial charge in [-0.2, -0.15) is 13.5 Å². The standard InChI is InChI=1S/C22H16S.H2S/c1-2-9-17(10-3-1)18-11-4-5-12-19(18)20-13-6-7-14-21(20)22-15-8-16-23-22;/h1-16H;1H2. The van der Waals surface area contributed by atoms with Crippen LogP contribution in [0, 0.1) is 0 Å². The van der Waals surface area contributed by atoms with Gasteiger partial charge in [0.2, 0.25) is 0 Å². The van der Waals surface area contributed by atoms with Crippen LogP contribution < -0.4 is 0 Å². The van der Waals surface area contributed by atoms with Crippen molar-refractivity contribution < 1.29 is 0 Å². The van der Waals surface area contributed by atoms with Gasteiger partial charge in [0.15, 0.2) is 0 Å². The molecule has 2 heteroatoms. The molecule has 0 nitrogen and oxygen atoms in total. The Morgan fingerprint density at radius 3 is 1.62 bits per heavy atom. The Kier molecular flexibility index (Phi) is 5.19. The van der Waals surface area contributed by atoms with Crippen LogP contribution in [0.5, 0.6) is 0 Å². The van der Waals surface area contributed by atoms with Gasteiger partial charge in [-0.15, -0.1) is 11.3 Å². The molecule has 0 fully saturated rings. The van der Waals surface area contributed by atoms with E-state index in [2.05, 4.69) is 96.4 Å². The molecule has 4 aromatic rings. The van der Waals surface area contributed by atoms with Crippen molar-refractivity contribution in [3.63, 3.8) is 0 Å². The summed E-state index contributed by atoms with van der Waals surface area (Å²) in [5.41, 5.74) is 6.39. The van der Waals surface area contributed by atoms with Crippen LogP contribution in [0.1, 0.15) is 0 Å². The molecular formula is C22H18S2. The van der Waals surface area contributed by atoms with Crippen LogP contribution in [-0.4, -0.2) is 0 Å². The van der Waals surface area contributed by atoms with Crippen molar-refractivity contribution in [2.75, 3.05) is 0 Å². The van der Waals surface area contributed by atoms with Crippen molar-refractivity contribution in [1.29, 1.82) is 0 Å². The molecule has 0 amide bonds. The summed E-state index contributed by atoms with van der Waals surface area (Å²) in [5, 5.41) is 2.13. The molecule has 1 aromatic heterocycles. The van der Waals surface area contributed by atoms with Crippen molar-refractivity contribution in [2.24, 2.45) is 0 Å². The minimum Gasteiger partial charge on any atom is -0.197 e. The van der Waals surface area contributed by atoms with E-state index in [0.717, 1.165) is 0 Å². The number of hydrogen-bond acceptors (Lipinski definition) is 1. The maximum Gasteiger partial charge on any atom is 0.0348 e. The zero-order chi connectivity index (χ0) is 15.5. The molecule has 118 valence electrons. The third-order valence-electron chi connectivity index (χ3n) is 4.02. The third-order valence-corrected chi connectivity index (χ3v) is 4.92. The molecule has 0 aliphatic carbocycles. The van der Waals surface area contributed by atoms with Gasteiger partial charge in [0, 0.05) is 4.88 Å². The molecule has 4 rings (SSSR count). The van der Waals surface area contributed by atoms with Gasteiger partial charge in [-0.05, 0) is 39.3 Å². The lowest BCUT2D eigenvalue weighted by Gasteiger charge is -2.13. The third kappa shape index (κ3) is 3.16. The largest absolute Gasteiger partial charge is 0.197 e. The zero-order valence-corrected chi connectivity index (χ0v) is 15.0. The number of hydrogen-bond donors (Lipinski definition) is 0. The second-order valence-corrected chi connectivity index (χ2v) is 6.38. The molecule has 0 aliphatic heterocycles. The van der Waals surface area contributed by atoms with Crippen LogP contribution in [0.3, 0.4) is 0 Å². The fraction of sp³-hybridized carbons (Fsp3) is 0. The summed E-state index contributed by atoms with van der Waals surface area (Å²) in [4.78, 5) is 1.31. The van der Waals surface area contributed by atoms with Gasteiger partial charge in [-0.1, -0.05) is 84.9 Å². The average molecular weight is 347 g/mol. The summed E-state index contributed by atoms with van der Waals surface area (Å²) in [5.74, 6) is 0. The first-order valence-corrected chi connectivity index (χ1v) is 8.59. The van der Waals surface area contributed by atoms with E-state index in [4.69, 9.17) is 0 Å². The SMILES string of the molecule is S.c1ccc(-c2ccccc2-c2ccccc2-c2cccs2)cc1. The van der Waals surface area contributed by atoms with E-state index in [9.17, 15) is 0 Å². The first-order chi connectivity index (χ1) is 11.4. The fourth-order valence-electron chi connectivity index (χ4n) is 2.95. The lowest BCUT2D eigenvalue weighted by molar-refractivity contribution is 1.58. The fourth-order valence-corrected chi connectivity index (χ4v) is 3.72. The number of thiophene rings is 1. The molecule has 0 bridgehead atoms. The topological polar surface area (TPSA) is 0 Å². The summed E-state index contributed by atoms with van der Waals surface area (Å²) in [6.07, 6.45) is 0. The van der Waals surface area contributed by atoms with Gasteiger partial charge in [0.05, 0.1) is 0 Å². The molecule has 0 atom stereocenters. The van der Waals surface area contributed by atoms with Gasteiger partial charge in [0.1, 0.15) is 0 Å². The van der Waals surface area contributed by atoms with E-state index < -0.39 is 0 Å². The molecular weight excluding hydrogens is 328 g/mol. The lowest BCUT2D eigenvalue weighted by atomic mass is 9.91.